The molecule has 7 heteroatoms. The summed E-state index contributed by atoms with van der Waals surface area (Å²) in [6.45, 7) is 1.66. The van der Waals surface area contributed by atoms with E-state index in [4.69, 9.17) is 26.7 Å². The van der Waals surface area contributed by atoms with Gasteiger partial charge in [0.25, 0.3) is 0 Å². The number of aryl methyl sites for hydroxylation is 1. The highest BCUT2D eigenvalue weighted by atomic mass is 16.5. The van der Waals surface area contributed by atoms with E-state index in [-0.39, 0.29) is 29.9 Å². The van der Waals surface area contributed by atoms with Crippen LogP contribution in [0.1, 0.15) is 24.4 Å². The van der Waals surface area contributed by atoms with Crippen molar-refractivity contribution >= 4 is 17.2 Å². The molecule has 2 rings (SSSR count). The molecule has 1 aromatic rings. The summed E-state index contributed by atoms with van der Waals surface area (Å²) in [6, 6.07) is 0. The van der Waals surface area contributed by atoms with Gasteiger partial charge < -0.3 is 26.7 Å². The van der Waals surface area contributed by atoms with E-state index in [1.165, 1.54) is 0 Å². The highest BCUT2D eigenvalue weighted by Crippen LogP contribution is 2.25. The molecule has 98 valence electrons. The molecule has 1 saturated heterocycles. The number of nitrogens with one attached hydrogen (secondary N) is 1. The number of rotatable bonds is 3. The van der Waals surface area contributed by atoms with Gasteiger partial charge in [0.05, 0.1) is 18.4 Å². The Bertz CT molecular complexity index is 477. The number of hydrogen-bond acceptors (Lipinski definition) is 7. The minimum atomic E-state index is -0.391. The quantitative estimate of drug-likeness (QED) is 0.553. The van der Waals surface area contributed by atoms with Crippen LogP contribution in [0.4, 0.5) is 11.5 Å². The zero-order valence-corrected chi connectivity index (χ0v) is 10.2. The monoisotopic (exact) mass is 251 g/mol. The molecule has 0 aliphatic carbocycles. The number of nitrogen functional groups attached to an aromatic ring is 2. The molecule has 0 spiro atoms. The van der Waals surface area contributed by atoms with Gasteiger partial charge in [-0.15, -0.1) is 0 Å². The first-order chi connectivity index (χ1) is 8.52. The lowest BCUT2D eigenvalue weighted by molar-refractivity contribution is 0.0381. The molecule has 1 fully saturated rings. The first kappa shape index (κ1) is 12.7. The summed E-state index contributed by atoms with van der Waals surface area (Å²) in [6.07, 6.45) is 0.796. The maximum absolute atomic E-state index is 9.01. The Morgan fingerprint density at radius 2 is 2.17 bits per heavy atom. The Labute approximate surface area is 105 Å². The highest BCUT2D eigenvalue weighted by Gasteiger charge is 2.30. The molecule has 0 radical (unpaired) electrons. The van der Waals surface area contributed by atoms with Crippen molar-refractivity contribution in [3.8, 4) is 0 Å². The number of ether oxygens (including phenoxy) is 1. The molecule has 0 saturated carbocycles. The van der Waals surface area contributed by atoms with Gasteiger partial charge in [-0.25, -0.2) is 9.97 Å². The molecule has 0 aromatic carbocycles. The number of hydrogen-bond donors (Lipinski definition) is 4. The molecule has 2 atom stereocenters. The van der Waals surface area contributed by atoms with Crippen molar-refractivity contribution in [1.29, 1.82) is 5.41 Å². The average molecular weight is 251 g/mol. The van der Waals surface area contributed by atoms with Crippen molar-refractivity contribution in [3.05, 3.63) is 11.5 Å². The Balaban J connectivity index is 2.24. The summed E-state index contributed by atoms with van der Waals surface area (Å²) >= 11 is 0. The minimum absolute atomic E-state index is 0.0375. The molecule has 1 aliphatic heterocycles. The summed E-state index contributed by atoms with van der Waals surface area (Å²) in [5, 5.41) is 17.1. The third kappa shape index (κ3) is 2.27. The molecule has 1 aliphatic rings. The number of anilines is 2. The van der Waals surface area contributed by atoms with Crippen molar-refractivity contribution in [1.82, 2.24) is 9.97 Å². The van der Waals surface area contributed by atoms with Crippen LogP contribution in [0.25, 0.3) is 0 Å². The molecular weight excluding hydrogens is 234 g/mol. The van der Waals surface area contributed by atoms with Crippen LogP contribution in [0.15, 0.2) is 0 Å². The van der Waals surface area contributed by atoms with Crippen LogP contribution in [0.5, 0.6) is 0 Å². The van der Waals surface area contributed by atoms with Crippen molar-refractivity contribution in [2.75, 3.05) is 18.1 Å². The molecule has 0 bridgehead atoms. The zero-order chi connectivity index (χ0) is 13.3. The predicted octanol–water partition coefficient (Wildman–Crippen LogP) is -0.143. The van der Waals surface area contributed by atoms with Crippen molar-refractivity contribution in [3.63, 3.8) is 0 Å². The van der Waals surface area contributed by atoms with Crippen LogP contribution in [0.3, 0.4) is 0 Å². The van der Waals surface area contributed by atoms with E-state index in [1.807, 2.05) is 0 Å². The second-order valence-corrected chi connectivity index (χ2v) is 4.34. The van der Waals surface area contributed by atoms with Crippen LogP contribution in [0.2, 0.25) is 0 Å². The lowest BCUT2D eigenvalue weighted by Crippen LogP contribution is -2.25. The first-order valence-electron chi connectivity index (χ1n) is 5.77. The van der Waals surface area contributed by atoms with E-state index < -0.39 is 6.10 Å². The maximum Gasteiger partial charge on any atom is 0.151 e. The second-order valence-electron chi connectivity index (χ2n) is 4.34. The fourth-order valence-electron chi connectivity index (χ4n) is 2.01. The van der Waals surface area contributed by atoms with Gasteiger partial charge in [-0.1, -0.05) is 0 Å². The third-order valence-corrected chi connectivity index (χ3v) is 2.98. The van der Waals surface area contributed by atoms with Gasteiger partial charge in [-0.2, -0.15) is 0 Å². The summed E-state index contributed by atoms with van der Waals surface area (Å²) in [4.78, 5) is 8.08. The standard InChI is InChI=1S/C11H17N5O2/c1-5-15-10(9(13)11(14)16-5)8(12)7-3-2-6(4-17)18-7/h6-7,12,17H,2-4,13H2,1H3,(H2,14,15,16). The highest BCUT2D eigenvalue weighted by molar-refractivity contribution is 6.05. The van der Waals surface area contributed by atoms with E-state index >= 15 is 0 Å². The van der Waals surface area contributed by atoms with Crippen LogP contribution in [-0.4, -0.2) is 39.6 Å². The normalized spacial score (nSPS) is 23.2. The third-order valence-electron chi connectivity index (χ3n) is 2.98. The molecule has 2 heterocycles. The smallest absolute Gasteiger partial charge is 0.151 e. The van der Waals surface area contributed by atoms with E-state index in [9.17, 15) is 0 Å². The van der Waals surface area contributed by atoms with Gasteiger partial charge in [0.2, 0.25) is 0 Å². The topological polar surface area (TPSA) is 131 Å². The summed E-state index contributed by atoms with van der Waals surface area (Å²) in [5.74, 6) is 0.650. The Morgan fingerprint density at radius 1 is 1.44 bits per heavy atom. The van der Waals surface area contributed by atoms with E-state index in [2.05, 4.69) is 9.97 Å². The average Bonchev–Trinajstić information content (AvgIpc) is 2.81. The first-order valence-corrected chi connectivity index (χ1v) is 5.77. The largest absolute Gasteiger partial charge is 0.394 e. The predicted molar refractivity (Wildman–Crippen MR) is 67.4 cm³/mol. The van der Waals surface area contributed by atoms with Crippen molar-refractivity contribution in [2.24, 2.45) is 0 Å². The van der Waals surface area contributed by atoms with Gasteiger partial charge in [0.15, 0.2) is 5.82 Å². The fourth-order valence-corrected chi connectivity index (χ4v) is 2.01. The van der Waals surface area contributed by atoms with Gasteiger partial charge in [-0.3, -0.25) is 0 Å². The van der Waals surface area contributed by atoms with E-state index in [0.717, 1.165) is 6.42 Å². The number of aliphatic hydroxyl groups is 1. The number of nitrogens with two attached hydrogens (primary N) is 2. The summed E-state index contributed by atoms with van der Waals surface area (Å²) in [7, 11) is 0. The van der Waals surface area contributed by atoms with Crippen LogP contribution >= 0.6 is 0 Å². The van der Waals surface area contributed by atoms with E-state index in [1.54, 1.807) is 6.92 Å². The lowest BCUT2D eigenvalue weighted by atomic mass is 10.1. The SMILES string of the molecule is Cc1nc(N)c(N)c(C(=N)C2CCC(CO)O2)n1. The zero-order valence-electron chi connectivity index (χ0n) is 10.2. The molecule has 1 aromatic heterocycles. The Kier molecular flexibility index (Phi) is 3.44. The lowest BCUT2D eigenvalue weighted by Gasteiger charge is -2.15. The van der Waals surface area contributed by atoms with Crippen molar-refractivity contribution < 1.29 is 9.84 Å². The second kappa shape index (κ2) is 4.87. The van der Waals surface area contributed by atoms with Gasteiger partial charge >= 0.3 is 0 Å². The molecule has 6 N–H and O–H groups in total. The number of nitrogens with zero attached hydrogens (tertiary/aromatic N) is 2. The fraction of sp³-hybridized carbons (Fsp3) is 0.545. The molecule has 0 amide bonds. The van der Waals surface area contributed by atoms with Gasteiger partial charge in [-0.05, 0) is 19.8 Å². The van der Waals surface area contributed by atoms with Gasteiger partial charge in [0, 0.05) is 0 Å². The summed E-state index contributed by atoms with van der Waals surface area (Å²) < 4.78 is 5.53. The summed E-state index contributed by atoms with van der Waals surface area (Å²) in [5.41, 5.74) is 12.2. The van der Waals surface area contributed by atoms with Crippen LogP contribution < -0.4 is 11.5 Å². The van der Waals surface area contributed by atoms with Crippen LogP contribution in [-0.2, 0) is 4.74 Å². The Hall–Kier alpha value is -1.73. The molecular formula is C11H17N5O2. The van der Waals surface area contributed by atoms with Crippen LogP contribution in [0, 0.1) is 12.3 Å². The van der Waals surface area contributed by atoms with Crippen molar-refractivity contribution in [2.45, 2.75) is 32.0 Å². The van der Waals surface area contributed by atoms with Gasteiger partial charge in [0.1, 0.15) is 23.3 Å². The molecule has 18 heavy (non-hydrogen) atoms. The van der Waals surface area contributed by atoms with E-state index in [0.29, 0.717) is 17.9 Å². The molecule has 2 unspecified atom stereocenters. The Morgan fingerprint density at radius 3 is 2.78 bits per heavy atom. The minimum Gasteiger partial charge on any atom is -0.394 e. The molecule has 7 nitrogen and oxygen atoms in total. The number of aliphatic hydroxyl groups excluding tert-OH is 1. The number of aromatic nitrogens is 2. The maximum atomic E-state index is 9.01.